The van der Waals surface area contributed by atoms with Gasteiger partial charge in [0.2, 0.25) is 10.0 Å². The van der Waals surface area contributed by atoms with Crippen LogP contribution >= 0.6 is 0 Å². The number of amides is 1. The number of hydrogen-bond donors (Lipinski definition) is 1. The summed E-state index contributed by atoms with van der Waals surface area (Å²) in [6.07, 6.45) is 4.85. The van der Waals surface area contributed by atoms with Crippen LogP contribution in [0.1, 0.15) is 65.5 Å². The lowest BCUT2D eigenvalue weighted by atomic mass is 10.1. The average Bonchev–Trinajstić information content (AvgIpc) is 3.02. The van der Waals surface area contributed by atoms with Crippen LogP contribution in [0.5, 0.6) is 0 Å². The van der Waals surface area contributed by atoms with Gasteiger partial charge in [-0.05, 0) is 68.5 Å². The van der Waals surface area contributed by atoms with Crippen molar-refractivity contribution in [1.82, 2.24) is 14.1 Å². The van der Waals surface area contributed by atoms with Gasteiger partial charge in [-0.25, -0.2) is 8.42 Å². The molecule has 0 atom stereocenters. The lowest BCUT2D eigenvalue weighted by molar-refractivity contribution is 0.102. The van der Waals surface area contributed by atoms with E-state index in [-0.39, 0.29) is 5.91 Å². The fourth-order valence-corrected chi connectivity index (χ4v) is 6.52. The van der Waals surface area contributed by atoms with Gasteiger partial charge >= 0.3 is 0 Å². The Morgan fingerprint density at radius 2 is 1.66 bits per heavy atom. The molecule has 1 amide bonds. The Labute approximate surface area is 208 Å². The van der Waals surface area contributed by atoms with Gasteiger partial charge in [-0.3, -0.25) is 9.48 Å². The van der Waals surface area contributed by atoms with Gasteiger partial charge in [-0.1, -0.05) is 44.0 Å². The third kappa shape index (κ3) is 5.65. The standard InChI is InChI=1S/C27H34N4O3S/c1-4-22-10-9-11-25(18-22)28-27(32)24-14-12-23(13-15-24)19-31-21(3)26(20(2)29-31)35(33,34)30-16-7-5-6-8-17-30/h9-15,18H,4-8,16-17,19H2,1-3H3,(H,28,32). The van der Waals surface area contributed by atoms with E-state index in [9.17, 15) is 13.2 Å². The molecule has 3 aromatic rings. The van der Waals surface area contributed by atoms with Crippen molar-refractivity contribution in [2.75, 3.05) is 18.4 Å². The highest BCUT2D eigenvalue weighted by Gasteiger charge is 2.31. The molecule has 1 fully saturated rings. The number of anilines is 1. The molecule has 0 spiro atoms. The second-order valence-electron chi connectivity index (χ2n) is 9.18. The molecule has 2 aromatic carbocycles. The summed E-state index contributed by atoms with van der Waals surface area (Å²) in [5.74, 6) is -0.165. The third-order valence-corrected chi connectivity index (χ3v) is 8.77. The summed E-state index contributed by atoms with van der Waals surface area (Å²) < 4.78 is 30.1. The van der Waals surface area contributed by atoms with Crippen LogP contribution in [0, 0.1) is 13.8 Å². The minimum atomic E-state index is -3.57. The van der Waals surface area contributed by atoms with E-state index in [0.29, 0.717) is 41.5 Å². The molecule has 0 radical (unpaired) electrons. The number of nitrogens with one attached hydrogen (secondary N) is 1. The van der Waals surface area contributed by atoms with Crippen LogP contribution in [0.4, 0.5) is 5.69 Å². The number of rotatable bonds is 7. The highest BCUT2D eigenvalue weighted by atomic mass is 32.2. The fraction of sp³-hybridized carbons (Fsp3) is 0.407. The molecule has 7 nitrogen and oxygen atoms in total. The summed E-state index contributed by atoms with van der Waals surface area (Å²) in [5, 5.41) is 7.50. The molecule has 0 unspecified atom stereocenters. The smallest absolute Gasteiger partial charge is 0.255 e. The van der Waals surface area contributed by atoms with Gasteiger partial charge < -0.3 is 5.32 Å². The van der Waals surface area contributed by atoms with Gasteiger partial charge in [0, 0.05) is 24.3 Å². The van der Waals surface area contributed by atoms with Crippen molar-refractivity contribution in [2.45, 2.75) is 64.3 Å². The minimum Gasteiger partial charge on any atom is -0.322 e. The van der Waals surface area contributed by atoms with Crippen LogP contribution in [0.2, 0.25) is 0 Å². The molecule has 8 heteroatoms. The molecular formula is C27H34N4O3S. The van der Waals surface area contributed by atoms with Crippen LogP contribution in [0.3, 0.4) is 0 Å². The Hall–Kier alpha value is -2.97. The lowest BCUT2D eigenvalue weighted by Gasteiger charge is -2.20. The number of aryl methyl sites for hydroxylation is 2. The summed E-state index contributed by atoms with van der Waals surface area (Å²) in [5.41, 5.74) is 4.62. The quantitative estimate of drug-likeness (QED) is 0.505. The first kappa shape index (κ1) is 25.1. The zero-order chi connectivity index (χ0) is 25.0. The molecule has 1 aliphatic rings. The zero-order valence-electron chi connectivity index (χ0n) is 20.8. The van der Waals surface area contributed by atoms with Crippen molar-refractivity contribution in [3.63, 3.8) is 0 Å². The minimum absolute atomic E-state index is 0.165. The summed E-state index contributed by atoms with van der Waals surface area (Å²) in [6, 6.07) is 15.2. The summed E-state index contributed by atoms with van der Waals surface area (Å²) in [4.78, 5) is 13.0. The number of benzene rings is 2. The topological polar surface area (TPSA) is 84.3 Å². The van der Waals surface area contributed by atoms with Gasteiger partial charge in [0.15, 0.2) is 0 Å². The Balaban J connectivity index is 1.48. The largest absolute Gasteiger partial charge is 0.322 e. The lowest BCUT2D eigenvalue weighted by Crippen LogP contribution is -2.32. The van der Waals surface area contributed by atoms with Crippen LogP contribution in [-0.2, 0) is 23.0 Å². The summed E-state index contributed by atoms with van der Waals surface area (Å²) in [7, 11) is -3.57. The van der Waals surface area contributed by atoms with Crippen LogP contribution in [0.15, 0.2) is 53.4 Å². The monoisotopic (exact) mass is 494 g/mol. The number of nitrogens with zero attached hydrogens (tertiary/aromatic N) is 3. The number of carbonyl (C=O) groups is 1. The maximum absolute atomic E-state index is 13.4. The van der Waals surface area contributed by atoms with E-state index < -0.39 is 10.0 Å². The van der Waals surface area contributed by atoms with Gasteiger partial charge in [-0.2, -0.15) is 9.40 Å². The molecule has 0 saturated carbocycles. The van der Waals surface area contributed by atoms with E-state index in [1.165, 1.54) is 5.56 Å². The molecule has 1 aliphatic heterocycles. The molecule has 0 bridgehead atoms. The zero-order valence-corrected chi connectivity index (χ0v) is 21.6. The van der Waals surface area contributed by atoms with Crippen molar-refractivity contribution >= 4 is 21.6 Å². The van der Waals surface area contributed by atoms with E-state index in [1.54, 1.807) is 28.0 Å². The molecule has 186 valence electrons. The maximum atomic E-state index is 13.4. The van der Waals surface area contributed by atoms with Crippen molar-refractivity contribution in [3.8, 4) is 0 Å². The number of hydrogen-bond acceptors (Lipinski definition) is 4. The van der Waals surface area contributed by atoms with Crippen molar-refractivity contribution in [3.05, 3.63) is 76.6 Å². The Bertz CT molecular complexity index is 1290. The highest BCUT2D eigenvalue weighted by Crippen LogP contribution is 2.26. The average molecular weight is 495 g/mol. The first-order valence-corrected chi connectivity index (χ1v) is 13.8. The summed E-state index contributed by atoms with van der Waals surface area (Å²) >= 11 is 0. The molecule has 2 heterocycles. The normalized spacial score (nSPS) is 15.1. The molecular weight excluding hydrogens is 460 g/mol. The molecule has 35 heavy (non-hydrogen) atoms. The van der Waals surface area contributed by atoms with E-state index in [2.05, 4.69) is 17.3 Å². The fourth-order valence-electron chi connectivity index (χ4n) is 4.63. The summed E-state index contributed by atoms with van der Waals surface area (Å²) in [6.45, 7) is 7.22. The third-order valence-electron chi connectivity index (χ3n) is 6.62. The Morgan fingerprint density at radius 3 is 2.31 bits per heavy atom. The second kappa shape index (κ2) is 10.7. The SMILES string of the molecule is CCc1cccc(NC(=O)c2ccc(Cn3nc(C)c(S(=O)(=O)N4CCCCCC4)c3C)cc2)c1. The van der Waals surface area contributed by atoms with E-state index in [4.69, 9.17) is 0 Å². The maximum Gasteiger partial charge on any atom is 0.255 e. The second-order valence-corrected chi connectivity index (χ2v) is 11.1. The van der Waals surface area contributed by atoms with Gasteiger partial charge in [0.25, 0.3) is 5.91 Å². The number of aromatic nitrogens is 2. The van der Waals surface area contributed by atoms with Crippen LogP contribution in [0.25, 0.3) is 0 Å². The Morgan fingerprint density at radius 1 is 0.971 bits per heavy atom. The predicted octanol–water partition coefficient (Wildman–Crippen LogP) is 4.93. The number of sulfonamides is 1. The van der Waals surface area contributed by atoms with E-state index in [1.807, 2.05) is 43.3 Å². The van der Waals surface area contributed by atoms with Crippen LogP contribution in [-0.4, -0.2) is 41.5 Å². The van der Waals surface area contributed by atoms with Crippen molar-refractivity contribution in [1.29, 1.82) is 0 Å². The van der Waals surface area contributed by atoms with E-state index in [0.717, 1.165) is 43.4 Å². The van der Waals surface area contributed by atoms with E-state index >= 15 is 0 Å². The first-order chi connectivity index (χ1) is 16.8. The molecule has 1 N–H and O–H groups in total. The molecule has 1 saturated heterocycles. The first-order valence-electron chi connectivity index (χ1n) is 12.3. The molecule has 0 aliphatic carbocycles. The van der Waals surface area contributed by atoms with Gasteiger partial charge in [-0.15, -0.1) is 0 Å². The molecule has 4 rings (SSSR count). The van der Waals surface area contributed by atoms with Crippen molar-refractivity contribution < 1.29 is 13.2 Å². The van der Waals surface area contributed by atoms with Gasteiger partial charge in [0.05, 0.1) is 17.9 Å². The highest BCUT2D eigenvalue weighted by molar-refractivity contribution is 7.89. The van der Waals surface area contributed by atoms with Gasteiger partial charge in [0.1, 0.15) is 4.90 Å². The molecule has 1 aromatic heterocycles. The van der Waals surface area contributed by atoms with Crippen molar-refractivity contribution in [2.24, 2.45) is 0 Å². The van der Waals surface area contributed by atoms with Crippen LogP contribution < -0.4 is 5.32 Å². The number of carbonyl (C=O) groups excluding carboxylic acids is 1. The Kier molecular flexibility index (Phi) is 7.72. The predicted molar refractivity (Wildman–Crippen MR) is 138 cm³/mol.